The molecular weight excluding hydrogens is 400 g/mol. The summed E-state index contributed by atoms with van der Waals surface area (Å²) in [6.45, 7) is 6.81. The second-order valence-electron chi connectivity index (χ2n) is 7.78. The van der Waals surface area contributed by atoms with Gasteiger partial charge in [-0.2, -0.15) is 0 Å². The molecule has 1 N–H and O–H groups in total. The van der Waals surface area contributed by atoms with Crippen LogP contribution in [0.1, 0.15) is 30.5 Å². The molecule has 0 radical (unpaired) electrons. The Hall–Kier alpha value is -3.37. The summed E-state index contributed by atoms with van der Waals surface area (Å²) in [5, 5.41) is 9.21. The number of hydrogen-bond donors (Lipinski definition) is 1. The van der Waals surface area contributed by atoms with E-state index in [1.54, 1.807) is 6.92 Å². The SMILES string of the molecule is CCOC(Cc1ccc(OC/C=C(/C)c2ccc(-c3cccc(C)c3)cc2)cc1)C(=O)O. The van der Waals surface area contributed by atoms with Gasteiger partial charge in [-0.3, -0.25) is 0 Å². The molecule has 166 valence electrons. The van der Waals surface area contributed by atoms with Crippen LogP contribution in [-0.2, 0) is 16.0 Å². The van der Waals surface area contributed by atoms with Crippen molar-refractivity contribution in [2.24, 2.45) is 0 Å². The van der Waals surface area contributed by atoms with Crippen molar-refractivity contribution in [1.29, 1.82) is 0 Å². The Bertz CT molecular complexity index is 1050. The summed E-state index contributed by atoms with van der Waals surface area (Å²) >= 11 is 0. The van der Waals surface area contributed by atoms with Crippen molar-refractivity contribution in [2.75, 3.05) is 13.2 Å². The number of aliphatic carboxylic acids is 1. The monoisotopic (exact) mass is 430 g/mol. The number of ether oxygens (including phenoxy) is 2. The van der Waals surface area contributed by atoms with E-state index in [1.165, 1.54) is 16.7 Å². The van der Waals surface area contributed by atoms with Gasteiger partial charge >= 0.3 is 5.97 Å². The van der Waals surface area contributed by atoms with Crippen molar-refractivity contribution < 1.29 is 19.4 Å². The first kappa shape index (κ1) is 23.3. The minimum atomic E-state index is -0.945. The summed E-state index contributed by atoms with van der Waals surface area (Å²) in [7, 11) is 0. The summed E-state index contributed by atoms with van der Waals surface area (Å²) in [5.74, 6) is -0.199. The van der Waals surface area contributed by atoms with Gasteiger partial charge in [-0.1, -0.05) is 66.2 Å². The first-order valence-corrected chi connectivity index (χ1v) is 10.9. The van der Waals surface area contributed by atoms with Crippen molar-refractivity contribution in [3.8, 4) is 16.9 Å². The Kier molecular flexibility index (Phi) is 8.23. The zero-order chi connectivity index (χ0) is 22.9. The van der Waals surface area contributed by atoms with Gasteiger partial charge in [-0.15, -0.1) is 0 Å². The molecule has 32 heavy (non-hydrogen) atoms. The van der Waals surface area contributed by atoms with Gasteiger partial charge in [-0.25, -0.2) is 4.79 Å². The highest BCUT2D eigenvalue weighted by atomic mass is 16.5. The normalized spacial score (nSPS) is 12.4. The first-order chi connectivity index (χ1) is 15.5. The average molecular weight is 431 g/mol. The van der Waals surface area contributed by atoms with Crippen LogP contribution in [-0.4, -0.2) is 30.4 Å². The van der Waals surface area contributed by atoms with Gasteiger partial charge in [-0.05, 0) is 66.8 Å². The van der Waals surface area contributed by atoms with E-state index in [-0.39, 0.29) is 0 Å². The van der Waals surface area contributed by atoms with Gasteiger partial charge in [0.15, 0.2) is 6.10 Å². The molecule has 4 heteroatoms. The maximum Gasteiger partial charge on any atom is 0.333 e. The second-order valence-corrected chi connectivity index (χ2v) is 7.78. The molecule has 3 aromatic carbocycles. The van der Waals surface area contributed by atoms with Crippen molar-refractivity contribution in [2.45, 2.75) is 33.3 Å². The molecule has 3 rings (SSSR count). The van der Waals surface area contributed by atoms with E-state index < -0.39 is 12.1 Å². The Balaban J connectivity index is 1.55. The predicted octanol–water partition coefficient (Wildman–Crippen LogP) is 6.18. The molecule has 0 saturated carbocycles. The lowest BCUT2D eigenvalue weighted by atomic mass is 10.00. The Morgan fingerprint density at radius 1 is 1.00 bits per heavy atom. The second kappa shape index (κ2) is 11.3. The topological polar surface area (TPSA) is 55.8 Å². The maximum absolute atomic E-state index is 11.2. The lowest BCUT2D eigenvalue weighted by molar-refractivity contribution is -0.149. The summed E-state index contributed by atoms with van der Waals surface area (Å²) in [6, 6.07) is 24.5. The number of aryl methyl sites for hydroxylation is 1. The van der Waals surface area contributed by atoms with Gasteiger partial charge in [0.1, 0.15) is 12.4 Å². The molecule has 0 spiro atoms. The molecule has 0 aliphatic heterocycles. The first-order valence-electron chi connectivity index (χ1n) is 10.9. The lowest BCUT2D eigenvalue weighted by Crippen LogP contribution is -2.26. The van der Waals surface area contributed by atoms with Crippen molar-refractivity contribution in [3.63, 3.8) is 0 Å². The molecule has 0 saturated heterocycles. The molecule has 4 nitrogen and oxygen atoms in total. The Morgan fingerprint density at radius 2 is 1.72 bits per heavy atom. The third-order valence-electron chi connectivity index (χ3n) is 5.32. The number of carbonyl (C=O) groups is 1. The molecule has 0 aromatic heterocycles. The van der Waals surface area contributed by atoms with Gasteiger partial charge in [0.25, 0.3) is 0 Å². The number of carboxylic acid groups (broad SMARTS) is 1. The fourth-order valence-corrected chi connectivity index (χ4v) is 3.49. The number of carboxylic acids is 1. The fourth-order valence-electron chi connectivity index (χ4n) is 3.49. The van der Waals surface area contributed by atoms with Crippen LogP contribution in [0.25, 0.3) is 16.7 Å². The van der Waals surface area contributed by atoms with Crippen LogP contribution in [0.4, 0.5) is 0 Å². The largest absolute Gasteiger partial charge is 0.490 e. The summed E-state index contributed by atoms with van der Waals surface area (Å²) in [4.78, 5) is 11.2. The van der Waals surface area contributed by atoms with Crippen LogP contribution in [0.2, 0.25) is 0 Å². The predicted molar refractivity (Wildman–Crippen MR) is 129 cm³/mol. The zero-order valence-electron chi connectivity index (χ0n) is 18.9. The minimum absolute atomic E-state index is 0.334. The standard InChI is InChI=1S/C28H30O4/c1-4-31-27(28(29)30)19-22-8-14-26(15-9-22)32-17-16-21(3)23-10-12-24(13-11-23)25-7-5-6-20(2)18-25/h5-16,18,27H,4,17,19H2,1-3H3,(H,29,30)/b21-16-. The quantitative estimate of drug-likeness (QED) is 0.417. The van der Waals surface area contributed by atoms with E-state index in [0.717, 1.165) is 22.4 Å². The smallest absolute Gasteiger partial charge is 0.333 e. The zero-order valence-corrected chi connectivity index (χ0v) is 18.9. The molecule has 0 aliphatic rings. The van der Waals surface area contributed by atoms with Crippen molar-refractivity contribution >= 4 is 11.5 Å². The molecule has 1 unspecified atom stereocenters. The molecule has 1 atom stereocenters. The van der Waals surface area contributed by atoms with Crippen molar-refractivity contribution in [1.82, 2.24) is 0 Å². The number of allylic oxidation sites excluding steroid dienone is 1. The maximum atomic E-state index is 11.2. The van der Waals surface area contributed by atoms with E-state index >= 15 is 0 Å². The van der Waals surface area contributed by atoms with Gasteiger partial charge in [0.2, 0.25) is 0 Å². The molecule has 0 fully saturated rings. The van der Waals surface area contributed by atoms with Gasteiger partial charge in [0, 0.05) is 13.0 Å². The third-order valence-corrected chi connectivity index (χ3v) is 5.32. The van der Waals surface area contributed by atoms with Crippen LogP contribution >= 0.6 is 0 Å². The third kappa shape index (κ3) is 6.56. The van der Waals surface area contributed by atoms with Gasteiger partial charge < -0.3 is 14.6 Å². The van der Waals surface area contributed by atoms with Crippen LogP contribution in [0.3, 0.4) is 0 Å². The number of rotatable bonds is 10. The number of benzene rings is 3. The molecule has 0 amide bonds. The summed E-state index contributed by atoms with van der Waals surface area (Å²) in [5.41, 5.74) is 6.90. The van der Waals surface area contributed by atoms with Crippen molar-refractivity contribution in [3.05, 3.63) is 95.6 Å². The Labute approximate surface area is 190 Å². The molecule has 3 aromatic rings. The van der Waals surface area contributed by atoms with Crippen LogP contribution in [0.15, 0.2) is 78.9 Å². The highest BCUT2D eigenvalue weighted by Crippen LogP contribution is 2.23. The van der Waals surface area contributed by atoms with E-state index in [0.29, 0.717) is 19.6 Å². The highest BCUT2D eigenvalue weighted by Gasteiger charge is 2.17. The minimum Gasteiger partial charge on any atom is -0.490 e. The Morgan fingerprint density at radius 3 is 2.34 bits per heavy atom. The average Bonchev–Trinajstić information content (AvgIpc) is 2.80. The summed E-state index contributed by atoms with van der Waals surface area (Å²) < 4.78 is 11.1. The summed E-state index contributed by atoms with van der Waals surface area (Å²) in [6.07, 6.45) is 1.57. The van der Waals surface area contributed by atoms with Crippen LogP contribution in [0.5, 0.6) is 5.75 Å². The van der Waals surface area contributed by atoms with E-state index in [9.17, 15) is 9.90 Å². The number of hydrogen-bond acceptors (Lipinski definition) is 3. The van der Waals surface area contributed by atoms with E-state index in [2.05, 4.69) is 68.5 Å². The lowest BCUT2D eigenvalue weighted by Gasteiger charge is -2.12. The molecular formula is C28H30O4. The molecule has 0 bridgehead atoms. The fraction of sp³-hybridized carbons (Fsp3) is 0.250. The highest BCUT2D eigenvalue weighted by molar-refractivity contribution is 5.72. The molecule has 0 heterocycles. The van der Waals surface area contributed by atoms with Crippen LogP contribution in [0, 0.1) is 6.92 Å². The molecule has 0 aliphatic carbocycles. The van der Waals surface area contributed by atoms with Gasteiger partial charge in [0.05, 0.1) is 0 Å². The van der Waals surface area contributed by atoms with E-state index in [1.807, 2.05) is 24.3 Å². The van der Waals surface area contributed by atoms with E-state index in [4.69, 9.17) is 9.47 Å². The van der Waals surface area contributed by atoms with Crippen LogP contribution < -0.4 is 4.74 Å².